The molecule has 7 heteroatoms. The SMILES string of the molecule is CCCCCCCCC/C=C\C=C\C(C(O)c1cccc(C(=O)O)c1)S(=O)CCC(=O)O. The fourth-order valence-corrected chi connectivity index (χ4v) is 4.63. The molecule has 0 bridgehead atoms. The van der Waals surface area contributed by atoms with Crippen LogP contribution in [0.2, 0.25) is 0 Å². The second-order valence-corrected chi connectivity index (χ2v) is 9.51. The summed E-state index contributed by atoms with van der Waals surface area (Å²) in [5.74, 6) is -2.27. The van der Waals surface area contributed by atoms with Gasteiger partial charge in [-0.1, -0.05) is 81.9 Å². The number of carboxylic acid groups (broad SMARTS) is 2. The van der Waals surface area contributed by atoms with Gasteiger partial charge in [0.1, 0.15) is 0 Å². The number of carboxylic acids is 2. The van der Waals surface area contributed by atoms with Gasteiger partial charge in [-0.05, 0) is 30.5 Å². The Balaban J connectivity index is 2.71. The van der Waals surface area contributed by atoms with E-state index in [2.05, 4.69) is 6.92 Å². The number of aliphatic carboxylic acids is 1. The molecule has 178 valence electrons. The monoisotopic (exact) mass is 464 g/mol. The van der Waals surface area contributed by atoms with Crippen molar-refractivity contribution in [3.8, 4) is 0 Å². The number of benzene rings is 1. The average Bonchev–Trinajstić information content (AvgIpc) is 2.78. The maximum absolute atomic E-state index is 12.7. The van der Waals surface area contributed by atoms with Crippen LogP contribution in [-0.2, 0) is 15.6 Å². The number of carbonyl (C=O) groups is 2. The average molecular weight is 465 g/mol. The van der Waals surface area contributed by atoms with Crippen molar-refractivity contribution >= 4 is 22.7 Å². The van der Waals surface area contributed by atoms with Crippen molar-refractivity contribution in [3.05, 3.63) is 59.7 Å². The highest BCUT2D eigenvalue weighted by molar-refractivity contribution is 7.85. The Morgan fingerprint density at radius 3 is 2.38 bits per heavy atom. The first kappa shape index (κ1) is 27.8. The molecule has 0 aromatic heterocycles. The molecule has 3 unspecified atom stereocenters. The van der Waals surface area contributed by atoms with Gasteiger partial charge in [0.25, 0.3) is 0 Å². The number of unbranched alkanes of at least 4 members (excludes halogenated alkanes) is 7. The van der Waals surface area contributed by atoms with E-state index in [0.717, 1.165) is 12.8 Å². The van der Waals surface area contributed by atoms with Gasteiger partial charge in [-0.15, -0.1) is 0 Å². The fraction of sp³-hybridized carbons (Fsp3) is 0.520. The number of rotatable bonds is 17. The van der Waals surface area contributed by atoms with Crippen LogP contribution in [0.3, 0.4) is 0 Å². The highest BCUT2D eigenvalue weighted by Crippen LogP contribution is 2.24. The van der Waals surface area contributed by atoms with E-state index in [-0.39, 0.29) is 17.7 Å². The van der Waals surface area contributed by atoms with E-state index in [1.54, 1.807) is 18.2 Å². The zero-order valence-electron chi connectivity index (χ0n) is 18.8. The lowest BCUT2D eigenvalue weighted by atomic mass is 10.0. The summed E-state index contributed by atoms with van der Waals surface area (Å²) in [5, 5.41) is 28.0. The van der Waals surface area contributed by atoms with E-state index >= 15 is 0 Å². The predicted molar refractivity (Wildman–Crippen MR) is 128 cm³/mol. The Kier molecular flexibility index (Phi) is 14.2. The molecule has 0 aliphatic carbocycles. The zero-order chi connectivity index (χ0) is 23.8. The van der Waals surface area contributed by atoms with Gasteiger partial charge in [0.2, 0.25) is 0 Å². The summed E-state index contributed by atoms with van der Waals surface area (Å²) in [4.78, 5) is 22.1. The van der Waals surface area contributed by atoms with E-state index in [0.29, 0.717) is 5.56 Å². The molecule has 0 radical (unpaired) electrons. The summed E-state index contributed by atoms with van der Waals surface area (Å²) in [5.41, 5.74) is 0.352. The Bertz CT molecular complexity index is 786. The molecular formula is C25H36O6S. The lowest BCUT2D eigenvalue weighted by Crippen LogP contribution is -2.25. The van der Waals surface area contributed by atoms with Crippen LogP contribution < -0.4 is 0 Å². The topological polar surface area (TPSA) is 112 Å². The largest absolute Gasteiger partial charge is 0.481 e. The Labute approximate surface area is 193 Å². The summed E-state index contributed by atoms with van der Waals surface area (Å²) >= 11 is 0. The molecule has 0 spiro atoms. The highest BCUT2D eigenvalue weighted by Gasteiger charge is 2.25. The summed E-state index contributed by atoms with van der Waals surface area (Å²) in [6, 6.07) is 5.85. The quantitative estimate of drug-likeness (QED) is 0.214. The van der Waals surface area contributed by atoms with Crippen molar-refractivity contribution in [2.24, 2.45) is 0 Å². The minimum atomic E-state index is -1.64. The summed E-state index contributed by atoms with van der Waals surface area (Å²) in [7, 11) is -1.64. The second kappa shape index (κ2) is 16.4. The number of allylic oxidation sites excluding steroid dienone is 3. The molecule has 1 aromatic rings. The maximum Gasteiger partial charge on any atom is 0.335 e. The normalized spacial score (nSPS) is 14.6. The Morgan fingerprint density at radius 2 is 1.72 bits per heavy atom. The van der Waals surface area contributed by atoms with Crippen LogP contribution >= 0.6 is 0 Å². The van der Waals surface area contributed by atoms with Crippen LogP contribution in [0.15, 0.2) is 48.6 Å². The molecule has 3 N–H and O–H groups in total. The summed E-state index contributed by atoms with van der Waals surface area (Å²) < 4.78 is 12.7. The predicted octanol–water partition coefficient (Wildman–Crippen LogP) is 5.26. The van der Waals surface area contributed by atoms with Crippen LogP contribution in [0.1, 0.15) is 86.7 Å². The molecule has 3 atom stereocenters. The van der Waals surface area contributed by atoms with Gasteiger partial charge in [0.05, 0.1) is 23.3 Å². The number of hydrogen-bond donors (Lipinski definition) is 3. The zero-order valence-corrected chi connectivity index (χ0v) is 19.6. The van der Waals surface area contributed by atoms with E-state index in [1.807, 2.05) is 12.2 Å². The number of aliphatic hydroxyl groups excluding tert-OH is 1. The van der Waals surface area contributed by atoms with Crippen LogP contribution in [0.5, 0.6) is 0 Å². The first-order valence-electron chi connectivity index (χ1n) is 11.3. The minimum Gasteiger partial charge on any atom is -0.481 e. The van der Waals surface area contributed by atoms with Crippen molar-refractivity contribution < 1.29 is 29.1 Å². The smallest absolute Gasteiger partial charge is 0.335 e. The molecule has 32 heavy (non-hydrogen) atoms. The van der Waals surface area contributed by atoms with Gasteiger partial charge in [0, 0.05) is 16.6 Å². The first-order valence-corrected chi connectivity index (χ1v) is 12.7. The van der Waals surface area contributed by atoms with Crippen LogP contribution in [0, 0.1) is 0 Å². The molecule has 1 rings (SSSR count). The van der Waals surface area contributed by atoms with E-state index in [1.165, 1.54) is 56.7 Å². The molecule has 0 saturated carbocycles. The third kappa shape index (κ3) is 11.4. The molecule has 0 saturated heterocycles. The highest BCUT2D eigenvalue weighted by atomic mass is 32.2. The van der Waals surface area contributed by atoms with Crippen molar-refractivity contribution in [2.45, 2.75) is 76.1 Å². The standard InChI is InChI=1S/C25H36O6S/c1-2-3-4-5-6-7-8-9-10-11-12-16-22(32(31)18-17-23(26)27)24(28)20-14-13-15-21(19-20)25(29)30/h10-16,19,22,24,28H,2-9,17-18H2,1H3,(H,26,27)(H,29,30)/b11-10-,16-12+. The Morgan fingerprint density at radius 1 is 1.03 bits per heavy atom. The van der Waals surface area contributed by atoms with E-state index in [9.17, 15) is 24.0 Å². The van der Waals surface area contributed by atoms with Gasteiger partial charge in [-0.2, -0.15) is 0 Å². The van der Waals surface area contributed by atoms with Crippen molar-refractivity contribution in [1.82, 2.24) is 0 Å². The number of aliphatic hydroxyl groups is 1. The van der Waals surface area contributed by atoms with Crippen molar-refractivity contribution in [2.75, 3.05) is 5.75 Å². The van der Waals surface area contributed by atoms with Crippen molar-refractivity contribution in [1.29, 1.82) is 0 Å². The van der Waals surface area contributed by atoms with Gasteiger partial charge < -0.3 is 15.3 Å². The second-order valence-electron chi connectivity index (χ2n) is 7.79. The van der Waals surface area contributed by atoms with Gasteiger partial charge in [-0.3, -0.25) is 9.00 Å². The molecule has 0 aliphatic rings. The molecule has 0 aliphatic heterocycles. The summed E-state index contributed by atoms with van der Waals surface area (Å²) in [6.07, 6.45) is 15.3. The van der Waals surface area contributed by atoms with Gasteiger partial charge in [-0.25, -0.2) is 4.79 Å². The summed E-state index contributed by atoms with van der Waals surface area (Å²) in [6.45, 7) is 2.21. The molecule has 1 aromatic carbocycles. The van der Waals surface area contributed by atoms with Crippen LogP contribution in [0.25, 0.3) is 0 Å². The molecule has 0 fully saturated rings. The third-order valence-corrected chi connectivity index (χ3v) is 6.76. The third-order valence-electron chi connectivity index (χ3n) is 5.13. The van der Waals surface area contributed by atoms with Gasteiger partial charge in [0.15, 0.2) is 0 Å². The maximum atomic E-state index is 12.7. The van der Waals surface area contributed by atoms with Crippen LogP contribution in [0.4, 0.5) is 0 Å². The lowest BCUT2D eigenvalue weighted by molar-refractivity contribution is -0.136. The van der Waals surface area contributed by atoms with E-state index in [4.69, 9.17) is 5.11 Å². The molecule has 0 heterocycles. The first-order chi connectivity index (χ1) is 15.4. The molecule has 6 nitrogen and oxygen atoms in total. The van der Waals surface area contributed by atoms with Gasteiger partial charge >= 0.3 is 11.9 Å². The Hall–Kier alpha value is -2.25. The fourth-order valence-electron chi connectivity index (χ4n) is 3.27. The number of aromatic carboxylic acids is 1. The van der Waals surface area contributed by atoms with E-state index < -0.39 is 34.1 Å². The number of hydrogen-bond acceptors (Lipinski definition) is 4. The lowest BCUT2D eigenvalue weighted by Gasteiger charge is -2.20. The van der Waals surface area contributed by atoms with Crippen LogP contribution in [-0.4, -0.2) is 42.5 Å². The molecule has 0 amide bonds. The molecular weight excluding hydrogens is 428 g/mol. The minimum absolute atomic E-state index is 0.0233. The van der Waals surface area contributed by atoms with Crippen molar-refractivity contribution in [3.63, 3.8) is 0 Å².